The lowest BCUT2D eigenvalue weighted by Gasteiger charge is -2.39. The third kappa shape index (κ3) is 5.53. The summed E-state index contributed by atoms with van der Waals surface area (Å²) in [7, 11) is 0. The number of ether oxygens (including phenoxy) is 4. The van der Waals surface area contributed by atoms with Gasteiger partial charge in [0.25, 0.3) is 0 Å². The summed E-state index contributed by atoms with van der Waals surface area (Å²) < 4.78 is 27.3. The van der Waals surface area contributed by atoms with E-state index in [2.05, 4.69) is 4.98 Å². The van der Waals surface area contributed by atoms with E-state index in [1.807, 2.05) is 0 Å². The normalized spacial score (nSPS) is 23.3. The van der Waals surface area contributed by atoms with Gasteiger partial charge in [-0.25, -0.2) is 4.98 Å². The Labute approximate surface area is 177 Å². The van der Waals surface area contributed by atoms with E-state index in [9.17, 15) is 14.4 Å². The second-order valence-electron chi connectivity index (χ2n) is 6.47. The Balaban J connectivity index is 1.80. The molecular formula is C20H21NO8S. The van der Waals surface area contributed by atoms with Crippen molar-refractivity contribution in [1.82, 2.24) is 4.98 Å². The van der Waals surface area contributed by atoms with E-state index in [1.54, 1.807) is 30.5 Å². The average Bonchev–Trinajstić information content (AvgIpc) is 3.20. The molecule has 10 heteroatoms. The fraction of sp³-hybridized carbons (Fsp3) is 0.400. The zero-order chi connectivity index (χ0) is 21.7. The van der Waals surface area contributed by atoms with Crippen molar-refractivity contribution in [2.75, 3.05) is 5.75 Å². The van der Waals surface area contributed by atoms with Crippen LogP contribution < -0.4 is 4.74 Å². The number of hydrogen-bond donors (Lipinski definition) is 0. The predicted octanol–water partition coefficient (Wildman–Crippen LogP) is 2.59. The van der Waals surface area contributed by atoms with Crippen molar-refractivity contribution >= 4 is 29.7 Å². The highest BCUT2D eigenvalue weighted by molar-refractivity contribution is 7.99. The zero-order valence-electron chi connectivity index (χ0n) is 16.6. The van der Waals surface area contributed by atoms with E-state index >= 15 is 0 Å². The third-order valence-corrected chi connectivity index (χ3v) is 5.28. The Morgan fingerprint density at radius 2 is 1.70 bits per heavy atom. The van der Waals surface area contributed by atoms with Gasteiger partial charge in [-0.05, 0) is 24.3 Å². The molecule has 2 aromatic rings. The van der Waals surface area contributed by atoms with Gasteiger partial charge >= 0.3 is 17.9 Å². The summed E-state index contributed by atoms with van der Waals surface area (Å²) in [5, 5.41) is 0. The van der Waals surface area contributed by atoms with Crippen LogP contribution in [0, 0.1) is 0 Å². The van der Waals surface area contributed by atoms with Crippen LogP contribution in [0.5, 0.6) is 5.75 Å². The highest BCUT2D eigenvalue weighted by Gasteiger charge is 2.47. The minimum absolute atomic E-state index is 0.290. The summed E-state index contributed by atoms with van der Waals surface area (Å²) in [6, 6.07) is 6.98. The monoisotopic (exact) mass is 435 g/mol. The van der Waals surface area contributed by atoms with Gasteiger partial charge in [0, 0.05) is 26.5 Å². The van der Waals surface area contributed by atoms with Crippen molar-refractivity contribution < 1.29 is 37.7 Å². The Morgan fingerprint density at radius 3 is 2.27 bits per heavy atom. The van der Waals surface area contributed by atoms with Gasteiger partial charge < -0.3 is 23.4 Å². The van der Waals surface area contributed by atoms with Crippen molar-refractivity contribution in [3.8, 4) is 17.2 Å². The highest BCUT2D eigenvalue weighted by atomic mass is 32.2. The molecule has 160 valence electrons. The molecule has 1 aliphatic rings. The van der Waals surface area contributed by atoms with Crippen LogP contribution >= 0.6 is 11.8 Å². The van der Waals surface area contributed by atoms with Crippen LogP contribution in [0.3, 0.4) is 0 Å². The van der Waals surface area contributed by atoms with Crippen LogP contribution in [0.2, 0.25) is 0 Å². The summed E-state index contributed by atoms with van der Waals surface area (Å²) in [5.74, 6) is -0.377. The molecule has 0 bridgehead atoms. The van der Waals surface area contributed by atoms with Crippen molar-refractivity contribution in [3.05, 3.63) is 36.7 Å². The number of carbonyl (C=O) groups excluding carboxylic acids is 3. The van der Waals surface area contributed by atoms with Crippen molar-refractivity contribution in [2.24, 2.45) is 0 Å². The maximum Gasteiger partial charge on any atom is 0.303 e. The van der Waals surface area contributed by atoms with Gasteiger partial charge in [-0.3, -0.25) is 14.4 Å². The maximum absolute atomic E-state index is 11.7. The quantitative estimate of drug-likeness (QED) is 0.495. The van der Waals surface area contributed by atoms with E-state index in [-0.39, 0.29) is 5.75 Å². The van der Waals surface area contributed by atoms with Crippen molar-refractivity contribution in [1.29, 1.82) is 0 Å². The molecule has 0 unspecified atom stereocenters. The molecule has 4 atom stereocenters. The van der Waals surface area contributed by atoms with Crippen LogP contribution in [-0.4, -0.2) is 52.4 Å². The molecule has 3 rings (SSSR count). The first-order valence-electron chi connectivity index (χ1n) is 9.13. The number of aromatic nitrogens is 1. The highest BCUT2D eigenvalue weighted by Crippen LogP contribution is 2.34. The molecule has 1 fully saturated rings. The standard InChI is InChI=1S/C20H21NO8S/c1-11(22)26-17-10-30-20(19(28-13(3)24)18(17)27-12(2)23)29-14-6-7-15(21-9-14)16-5-4-8-25-16/h4-9,17-20H,10H2,1-3H3/t17-,18+,19-,20-/m1/s1. The summed E-state index contributed by atoms with van der Waals surface area (Å²) in [4.78, 5) is 39.1. The van der Waals surface area contributed by atoms with E-state index in [0.717, 1.165) is 0 Å². The smallest absolute Gasteiger partial charge is 0.303 e. The summed E-state index contributed by atoms with van der Waals surface area (Å²) in [6.07, 6.45) is 0.303. The fourth-order valence-electron chi connectivity index (χ4n) is 2.96. The second-order valence-corrected chi connectivity index (χ2v) is 7.60. The van der Waals surface area contributed by atoms with Gasteiger partial charge in [0.2, 0.25) is 0 Å². The first-order valence-corrected chi connectivity index (χ1v) is 10.2. The minimum Gasteiger partial charge on any atom is -0.474 e. The van der Waals surface area contributed by atoms with Crippen molar-refractivity contribution in [2.45, 2.75) is 44.5 Å². The lowest BCUT2D eigenvalue weighted by molar-refractivity contribution is -0.186. The molecule has 0 aromatic carbocycles. The molecule has 2 aromatic heterocycles. The number of esters is 3. The van der Waals surface area contributed by atoms with E-state index in [1.165, 1.54) is 38.7 Å². The van der Waals surface area contributed by atoms with Gasteiger partial charge in [-0.15, -0.1) is 11.8 Å². The molecule has 0 radical (unpaired) electrons. The average molecular weight is 435 g/mol. The predicted molar refractivity (Wildman–Crippen MR) is 105 cm³/mol. The third-order valence-electron chi connectivity index (χ3n) is 4.07. The molecule has 1 saturated heterocycles. The van der Waals surface area contributed by atoms with E-state index in [4.69, 9.17) is 23.4 Å². The van der Waals surface area contributed by atoms with E-state index in [0.29, 0.717) is 17.2 Å². The summed E-state index contributed by atoms with van der Waals surface area (Å²) >= 11 is 1.28. The Kier molecular flexibility index (Phi) is 6.99. The first-order chi connectivity index (χ1) is 14.3. The van der Waals surface area contributed by atoms with Crippen LogP contribution in [-0.2, 0) is 28.6 Å². The molecule has 30 heavy (non-hydrogen) atoms. The molecule has 9 nitrogen and oxygen atoms in total. The van der Waals surface area contributed by atoms with Crippen LogP contribution in [0.4, 0.5) is 0 Å². The number of hydrogen-bond acceptors (Lipinski definition) is 10. The second kappa shape index (κ2) is 9.66. The number of nitrogens with zero attached hydrogens (tertiary/aromatic N) is 1. The van der Waals surface area contributed by atoms with Crippen LogP contribution in [0.1, 0.15) is 20.8 Å². The van der Waals surface area contributed by atoms with Gasteiger partial charge in [0.05, 0.1) is 12.5 Å². The minimum atomic E-state index is -1.00. The Morgan fingerprint density at radius 1 is 1.00 bits per heavy atom. The number of pyridine rings is 1. The molecule has 0 amide bonds. The Hall–Kier alpha value is -3.01. The van der Waals surface area contributed by atoms with Crippen molar-refractivity contribution in [3.63, 3.8) is 0 Å². The lowest BCUT2D eigenvalue weighted by Crippen LogP contribution is -2.55. The van der Waals surface area contributed by atoms with Crippen LogP contribution in [0.25, 0.3) is 11.5 Å². The van der Waals surface area contributed by atoms with Gasteiger partial charge in [0.15, 0.2) is 29.5 Å². The summed E-state index contributed by atoms with van der Waals surface area (Å²) in [6.45, 7) is 3.72. The fourth-order valence-corrected chi connectivity index (χ4v) is 4.18. The maximum atomic E-state index is 11.7. The number of rotatable bonds is 6. The molecule has 3 heterocycles. The molecule has 0 aliphatic carbocycles. The molecule has 0 N–H and O–H groups in total. The topological polar surface area (TPSA) is 114 Å². The number of thioether (sulfide) groups is 1. The molecule has 0 spiro atoms. The van der Waals surface area contributed by atoms with Gasteiger partial charge in [0.1, 0.15) is 11.4 Å². The summed E-state index contributed by atoms with van der Waals surface area (Å²) in [5.41, 5.74) is -0.0748. The number of furan rings is 1. The largest absolute Gasteiger partial charge is 0.474 e. The SMILES string of the molecule is CC(=O)O[C@@H]1[C@@H](OC(C)=O)[C@H](OC(C)=O)CS[C@H]1Oc1ccc(-c2ccco2)nc1. The van der Waals surface area contributed by atoms with Crippen LogP contribution in [0.15, 0.2) is 41.1 Å². The number of carbonyl (C=O) groups is 3. The van der Waals surface area contributed by atoms with Gasteiger partial charge in [-0.2, -0.15) is 0 Å². The van der Waals surface area contributed by atoms with E-state index < -0.39 is 41.7 Å². The molecule has 0 saturated carbocycles. The Bertz CT molecular complexity index is 883. The lowest BCUT2D eigenvalue weighted by atomic mass is 10.1. The molecular weight excluding hydrogens is 414 g/mol. The molecule has 1 aliphatic heterocycles. The first kappa shape index (κ1) is 21.7. The zero-order valence-corrected chi connectivity index (χ0v) is 17.4. The van der Waals surface area contributed by atoms with Gasteiger partial charge in [-0.1, -0.05) is 0 Å².